The Balaban J connectivity index is 2.43. The molecule has 0 unspecified atom stereocenters. The topological polar surface area (TPSA) is 38.3 Å². The minimum Gasteiger partial charge on any atom is -0.497 e. The quantitative estimate of drug-likeness (QED) is 0.781. The van der Waals surface area contributed by atoms with E-state index in [9.17, 15) is 4.79 Å². The van der Waals surface area contributed by atoms with E-state index >= 15 is 0 Å². The highest BCUT2D eigenvalue weighted by molar-refractivity contribution is 7.96. The molecule has 82 valence electrons. The maximum atomic E-state index is 10.8. The van der Waals surface area contributed by atoms with Crippen molar-refractivity contribution in [2.45, 2.75) is 0 Å². The minimum absolute atomic E-state index is 0.368. The molecule has 0 atom stereocenters. The van der Waals surface area contributed by atoms with Gasteiger partial charge in [-0.25, -0.2) is 0 Å². The predicted octanol–water partition coefficient (Wildman–Crippen LogP) is 3.31. The molecule has 2 rings (SSSR count). The lowest BCUT2D eigenvalue weighted by molar-refractivity contribution is 0.270. The van der Waals surface area contributed by atoms with Gasteiger partial charge in [-0.05, 0) is 35.0 Å². The maximum Gasteiger partial charge on any atom is 0.280 e. The van der Waals surface area contributed by atoms with Crippen molar-refractivity contribution < 1.29 is 9.53 Å². The number of fused-ring (bicyclic) bond motifs is 1. The summed E-state index contributed by atoms with van der Waals surface area (Å²) >= 11 is 3.67. The molecule has 0 radical (unpaired) electrons. The molecule has 0 aliphatic rings. The number of hydrogen-bond donors (Lipinski definition) is 2. The van der Waals surface area contributed by atoms with Gasteiger partial charge in [0, 0.05) is 5.69 Å². The molecular formula is C12H11NO2S. The Kier molecular flexibility index (Phi) is 3.01. The summed E-state index contributed by atoms with van der Waals surface area (Å²) < 4.78 is 5.14. The Bertz CT molecular complexity index is 540. The third-order valence-corrected chi connectivity index (χ3v) is 2.41. The van der Waals surface area contributed by atoms with E-state index in [1.54, 1.807) is 7.11 Å². The van der Waals surface area contributed by atoms with E-state index in [0.29, 0.717) is 0 Å². The van der Waals surface area contributed by atoms with Crippen molar-refractivity contribution >= 4 is 34.3 Å². The zero-order chi connectivity index (χ0) is 11.5. The highest BCUT2D eigenvalue weighted by atomic mass is 32.1. The molecule has 0 fully saturated rings. The number of carbonyl (C=O) groups excluding carboxylic acids is 1. The summed E-state index contributed by atoms with van der Waals surface area (Å²) in [5.41, 5.74) is 0.734. The van der Waals surface area contributed by atoms with Crippen molar-refractivity contribution in [2.75, 3.05) is 12.4 Å². The normalized spacial score (nSPS) is 10.1. The Morgan fingerprint density at radius 3 is 2.56 bits per heavy atom. The summed E-state index contributed by atoms with van der Waals surface area (Å²) in [6.07, 6.45) is 0. The first-order valence-corrected chi connectivity index (χ1v) is 5.21. The van der Waals surface area contributed by atoms with Crippen molar-refractivity contribution in [3.8, 4) is 5.75 Å². The Hall–Kier alpha value is -1.68. The van der Waals surface area contributed by atoms with Gasteiger partial charge in [0.05, 0.1) is 7.11 Å². The van der Waals surface area contributed by atoms with Gasteiger partial charge in [-0.1, -0.05) is 24.8 Å². The van der Waals surface area contributed by atoms with Crippen LogP contribution in [0.25, 0.3) is 10.8 Å². The summed E-state index contributed by atoms with van der Waals surface area (Å²) in [5.74, 6) is 0.818. The number of rotatable bonds is 2. The van der Waals surface area contributed by atoms with Crippen LogP contribution < -0.4 is 10.1 Å². The highest BCUT2D eigenvalue weighted by Crippen LogP contribution is 2.23. The Morgan fingerprint density at radius 2 is 1.88 bits per heavy atom. The van der Waals surface area contributed by atoms with Gasteiger partial charge in [-0.3, -0.25) is 4.79 Å². The first kappa shape index (κ1) is 10.8. The van der Waals surface area contributed by atoms with Crippen LogP contribution in [0.1, 0.15) is 0 Å². The van der Waals surface area contributed by atoms with Crippen molar-refractivity contribution in [3.63, 3.8) is 0 Å². The number of ether oxygens (including phenoxy) is 1. The van der Waals surface area contributed by atoms with E-state index in [-0.39, 0.29) is 5.24 Å². The second-order valence-electron chi connectivity index (χ2n) is 3.36. The molecule has 4 heteroatoms. The second-order valence-corrected chi connectivity index (χ2v) is 3.76. The lowest BCUT2D eigenvalue weighted by Gasteiger charge is -2.05. The van der Waals surface area contributed by atoms with Gasteiger partial charge >= 0.3 is 0 Å². The third-order valence-electron chi connectivity index (χ3n) is 2.30. The van der Waals surface area contributed by atoms with Gasteiger partial charge in [0.2, 0.25) is 0 Å². The molecule has 0 aliphatic carbocycles. The highest BCUT2D eigenvalue weighted by Gasteiger charge is 2.00. The van der Waals surface area contributed by atoms with Crippen LogP contribution in [0.15, 0.2) is 36.4 Å². The fourth-order valence-corrected chi connectivity index (χ4v) is 1.68. The van der Waals surface area contributed by atoms with Gasteiger partial charge in [0.1, 0.15) is 5.75 Å². The van der Waals surface area contributed by atoms with Crippen molar-refractivity contribution in [1.29, 1.82) is 0 Å². The number of benzene rings is 2. The smallest absolute Gasteiger partial charge is 0.280 e. The van der Waals surface area contributed by atoms with E-state index in [0.717, 1.165) is 22.2 Å². The van der Waals surface area contributed by atoms with Crippen molar-refractivity contribution in [1.82, 2.24) is 0 Å². The summed E-state index contributed by atoms with van der Waals surface area (Å²) in [4.78, 5) is 10.8. The molecule has 3 nitrogen and oxygen atoms in total. The lowest BCUT2D eigenvalue weighted by Crippen LogP contribution is -2.00. The van der Waals surface area contributed by atoms with Crippen LogP contribution in [-0.2, 0) is 0 Å². The van der Waals surface area contributed by atoms with E-state index in [4.69, 9.17) is 4.74 Å². The molecule has 0 aliphatic heterocycles. The zero-order valence-electron chi connectivity index (χ0n) is 8.73. The number of thiol groups is 1. The standard InChI is InChI=1S/C12H11NO2S/c1-15-11-5-3-8-6-10(13-12(14)16)4-2-9(8)7-11/h2-7H,1H3,(H2,13,14,16). The summed E-state index contributed by atoms with van der Waals surface area (Å²) in [6, 6.07) is 11.4. The average Bonchev–Trinajstić information content (AvgIpc) is 2.27. The lowest BCUT2D eigenvalue weighted by atomic mass is 10.1. The number of anilines is 1. The third kappa shape index (κ3) is 2.28. The molecule has 1 N–H and O–H groups in total. The van der Waals surface area contributed by atoms with E-state index in [2.05, 4.69) is 17.9 Å². The van der Waals surface area contributed by atoms with Crippen LogP contribution in [0.3, 0.4) is 0 Å². The Morgan fingerprint density at radius 1 is 1.19 bits per heavy atom. The van der Waals surface area contributed by atoms with Crippen LogP contribution in [0, 0.1) is 0 Å². The van der Waals surface area contributed by atoms with Gasteiger partial charge in [0.15, 0.2) is 0 Å². The first-order chi connectivity index (χ1) is 7.69. The van der Waals surface area contributed by atoms with Crippen LogP contribution in [-0.4, -0.2) is 12.3 Å². The molecule has 0 spiro atoms. The minimum atomic E-state index is -0.368. The summed E-state index contributed by atoms with van der Waals surface area (Å²) in [5, 5.41) is 4.36. The number of methoxy groups -OCH3 is 1. The maximum absolute atomic E-state index is 10.8. The van der Waals surface area contributed by atoms with E-state index < -0.39 is 0 Å². The number of carbonyl (C=O) groups is 1. The molecule has 0 saturated heterocycles. The first-order valence-electron chi connectivity index (χ1n) is 4.77. The molecule has 2 aromatic carbocycles. The van der Waals surface area contributed by atoms with Gasteiger partial charge in [-0.2, -0.15) is 0 Å². The number of nitrogens with one attached hydrogen (secondary N) is 1. The number of amides is 1. The second kappa shape index (κ2) is 4.45. The molecule has 1 amide bonds. The van der Waals surface area contributed by atoms with Gasteiger partial charge in [-0.15, -0.1) is 0 Å². The summed E-state index contributed by atoms with van der Waals surface area (Å²) in [7, 11) is 1.64. The van der Waals surface area contributed by atoms with Crippen LogP contribution in [0.5, 0.6) is 5.75 Å². The predicted molar refractivity (Wildman–Crippen MR) is 68.5 cm³/mol. The van der Waals surface area contributed by atoms with E-state index in [1.165, 1.54) is 0 Å². The average molecular weight is 233 g/mol. The van der Waals surface area contributed by atoms with E-state index in [1.807, 2.05) is 36.4 Å². The fraction of sp³-hybridized carbons (Fsp3) is 0.0833. The zero-order valence-corrected chi connectivity index (χ0v) is 9.62. The fourth-order valence-electron chi connectivity index (χ4n) is 1.55. The molecule has 0 saturated carbocycles. The van der Waals surface area contributed by atoms with Gasteiger partial charge in [0.25, 0.3) is 5.24 Å². The molecule has 0 aromatic heterocycles. The van der Waals surface area contributed by atoms with Crippen LogP contribution in [0.2, 0.25) is 0 Å². The van der Waals surface area contributed by atoms with Crippen molar-refractivity contribution in [3.05, 3.63) is 36.4 Å². The Labute approximate surface area is 98.8 Å². The number of hydrogen-bond acceptors (Lipinski definition) is 2. The molecule has 0 bridgehead atoms. The largest absolute Gasteiger partial charge is 0.497 e. The molecule has 2 aromatic rings. The van der Waals surface area contributed by atoms with Crippen LogP contribution in [0.4, 0.5) is 10.5 Å². The molecule has 16 heavy (non-hydrogen) atoms. The summed E-state index contributed by atoms with van der Waals surface area (Å²) in [6.45, 7) is 0. The monoisotopic (exact) mass is 233 g/mol. The van der Waals surface area contributed by atoms with Crippen molar-refractivity contribution in [2.24, 2.45) is 0 Å². The van der Waals surface area contributed by atoms with Crippen LogP contribution >= 0.6 is 12.6 Å². The van der Waals surface area contributed by atoms with Gasteiger partial charge < -0.3 is 10.1 Å². The molecule has 0 heterocycles. The SMILES string of the molecule is COc1ccc2cc(NC(=O)S)ccc2c1. The molecular weight excluding hydrogens is 222 g/mol.